The van der Waals surface area contributed by atoms with Gasteiger partial charge in [0.2, 0.25) is 0 Å². The molecular formula is C13H16FN3S. The topological polar surface area (TPSA) is 37.8 Å². The van der Waals surface area contributed by atoms with Crippen LogP contribution in [0.5, 0.6) is 0 Å². The summed E-state index contributed by atoms with van der Waals surface area (Å²) in [5.74, 6) is -0.182. The van der Waals surface area contributed by atoms with Crippen LogP contribution >= 0.6 is 11.3 Å². The van der Waals surface area contributed by atoms with Gasteiger partial charge in [-0.25, -0.2) is 4.39 Å². The van der Waals surface area contributed by atoms with Crippen LogP contribution in [0.4, 0.5) is 4.39 Å². The molecule has 0 atom stereocenters. The van der Waals surface area contributed by atoms with Crippen molar-refractivity contribution in [3.05, 3.63) is 45.7 Å². The van der Waals surface area contributed by atoms with E-state index in [0.717, 1.165) is 29.5 Å². The maximum absolute atomic E-state index is 13.5. The Morgan fingerprint density at radius 2 is 2.00 bits per heavy atom. The first-order chi connectivity index (χ1) is 8.79. The summed E-state index contributed by atoms with van der Waals surface area (Å²) in [6, 6.07) is 6.79. The predicted octanol–water partition coefficient (Wildman–Crippen LogP) is 2.77. The van der Waals surface area contributed by atoms with Crippen LogP contribution in [0, 0.1) is 5.82 Å². The van der Waals surface area contributed by atoms with E-state index in [9.17, 15) is 4.39 Å². The standard InChI is InChI=1S/C13H16FN3S/c1-2-7-15-9-13-17-16-12(18-13)8-10-5-3-4-6-11(10)14/h3-6,15H,2,7-9H2,1H3. The number of benzene rings is 1. The third kappa shape index (κ3) is 3.58. The smallest absolute Gasteiger partial charge is 0.131 e. The third-order valence-corrected chi connectivity index (χ3v) is 3.43. The van der Waals surface area contributed by atoms with Crippen molar-refractivity contribution in [1.82, 2.24) is 15.5 Å². The molecule has 1 N–H and O–H groups in total. The molecule has 0 radical (unpaired) electrons. The molecule has 2 aromatic rings. The SMILES string of the molecule is CCCNCc1nnc(Cc2ccccc2F)s1. The summed E-state index contributed by atoms with van der Waals surface area (Å²) in [4.78, 5) is 0. The van der Waals surface area contributed by atoms with Crippen LogP contribution in [0.1, 0.15) is 28.9 Å². The van der Waals surface area contributed by atoms with Gasteiger partial charge in [-0.05, 0) is 24.6 Å². The fraction of sp³-hybridized carbons (Fsp3) is 0.385. The summed E-state index contributed by atoms with van der Waals surface area (Å²) in [5.41, 5.74) is 0.668. The summed E-state index contributed by atoms with van der Waals surface area (Å²) >= 11 is 1.54. The third-order valence-electron chi connectivity index (χ3n) is 2.51. The molecule has 18 heavy (non-hydrogen) atoms. The van der Waals surface area contributed by atoms with Gasteiger partial charge in [0.1, 0.15) is 15.8 Å². The molecular weight excluding hydrogens is 249 g/mol. The van der Waals surface area contributed by atoms with Crippen LogP contribution in [0.3, 0.4) is 0 Å². The van der Waals surface area contributed by atoms with Crippen LogP contribution in [-0.2, 0) is 13.0 Å². The molecule has 0 spiro atoms. The average Bonchev–Trinajstić information content (AvgIpc) is 2.80. The van der Waals surface area contributed by atoms with Crippen molar-refractivity contribution in [2.45, 2.75) is 26.3 Å². The highest BCUT2D eigenvalue weighted by molar-refractivity contribution is 7.11. The minimum absolute atomic E-state index is 0.182. The fourth-order valence-corrected chi connectivity index (χ4v) is 2.45. The van der Waals surface area contributed by atoms with E-state index < -0.39 is 0 Å². The van der Waals surface area contributed by atoms with Crippen molar-refractivity contribution >= 4 is 11.3 Å². The second-order valence-corrected chi connectivity index (χ2v) is 5.18. The normalized spacial score (nSPS) is 10.8. The Morgan fingerprint density at radius 1 is 1.22 bits per heavy atom. The predicted molar refractivity (Wildman–Crippen MR) is 71.1 cm³/mol. The zero-order chi connectivity index (χ0) is 12.8. The second kappa shape index (κ2) is 6.56. The lowest BCUT2D eigenvalue weighted by Gasteiger charge is -1.98. The van der Waals surface area contributed by atoms with Gasteiger partial charge in [-0.1, -0.05) is 36.5 Å². The Hall–Kier alpha value is -1.33. The lowest BCUT2D eigenvalue weighted by Crippen LogP contribution is -2.13. The monoisotopic (exact) mass is 265 g/mol. The Balaban J connectivity index is 1.96. The summed E-state index contributed by atoms with van der Waals surface area (Å²) in [6.45, 7) is 3.84. The Morgan fingerprint density at radius 3 is 2.78 bits per heavy atom. The quantitative estimate of drug-likeness (QED) is 0.816. The minimum Gasteiger partial charge on any atom is -0.310 e. The molecule has 1 heterocycles. The molecule has 0 fully saturated rings. The first kappa shape index (κ1) is 13.1. The molecule has 1 aromatic carbocycles. The molecule has 0 unspecified atom stereocenters. The number of hydrogen-bond donors (Lipinski definition) is 1. The Kier molecular flexibility index (Phi) is 4.78. The Labute approximate surface area is 110 Å². The summed E-state index contributed by atoms with van der Waals surface area (Å²) in [6.07, 6.45) is 1.61. The van der Waals surface area contributed by atoms with Crippen LogP contribution in [0.15, 0.2) is 24.3 Å². The van der Waals surface area contributed by atoms with E-state index in [4.69, 9.17) is 0 Å². The van der Waals surface area contributed by atoms with Crippen molar-refractivity contribution in [1.29, 1.82) is 0 Å². The molecule has 2 rings (SSSR count). The van der Waals surface area contributed by atoms with E-state index in [1.807, 2.05) is 6.07 Å². The number of nitrogens with zero attached hydrogens (tertiary/aromatic N) is 2. The average molecular weight is 265 g/mol. The fourth-order valence-electron chi connectivity index (χ4n) is 1.61. The van der Waals surface area contributed by atoms with E-state index in [0.29, 0.717) is 12.0 Å². The molecule has 0 aliphatic heterocycles. The molecule has 0 aliphatic carbocycles. The maximum Gasteiger partial charge on any atom is 0.131 e. The number of hydrogen-bond acceptors (Lipinski definition) is 4. The molecule has 0 amide bonds. The van der Waals surface area contributed by atoms with Crippen molar-refractivity contribution in [3.8, 4) is 0 Å². The highest BCUT2D eigenvalue weighted by Crippen LogP contribution is 2.16. The van der Waals surface area contributed by atoms with Crippen molar-refractivity contribution in [2.75, 3.05) is 6.54 Å². The molecule has 96 valence electrons. The lowest BCUT2D eigenvalue weighted by molar-refractivity contribution is 0.613. The first-order valence-corrected chi connectivity index (χ1v) is 6.86. The van der Waals surface area contributed by atoms with Gasteiger partial charge in [0.15, 0.2) is 0 Å². The lowest BCUT2D eigenvalue weighted by atomic mass is 10.1. The number of aromatic nitrogens is 2. The summed E-state index contributed by atoms with van der Waals surface area (Å²) < 4.78 is 13.5. The van der Waals surface area contributed by atoms with Gasteiger partial charge in [-0.2, -0.15) is 0 Å². The van der Waals surface area contributed by atoms with Crippen LogP contribution in [-0.4, -0.2) is 16.7 Å². The summed E-state index contributed by atoms with van der Waals surface area (Å²) in [7, 11) is 0. The van der Waals surface area contributed by atoms with E-state index >= 15 is 0 Å². The first-order valence-electron chi connectivity index (χ1n) is 6.05. The van der Waals surface area contributed by atoms with Crippen LogP contribution in [0.25, 0.3) is 0 Å². The molecule has 3 nitrogen and oxygen atoms in total. The maximum atomic E-state index is 13.5. The number of rotatable bonds is 6. The molecule has 0 aliphatic rings. The highest BCUT2D eigenvalue weighted by Gasteiger charge is 2.07. The largest absolute Gasteiger partial charge is 0.310 e. The van der Waals surface area contributed by atoms with E-state index in [1.54, 1.807) is 12.1 Å². The Bertz CT molecular complexity index is 498. The van der Waals surface area contributed by atoms with Crippen molar-refractivity contribution in [3.63, 3.8) is 0 Å². The molecule has 1 aromatic heterocycles. The van der Waals surface area contributed by atoms with Gasteiger partial charge in [-0.3, -0.25) is 0 Å². The van der Waals surface area contributed by atoms with Gasteiger partial charge >= 0.3 is 0 Å². The second-order valence-electron chi connectivity index (χ2n) is 4.03. The molecule has 5 heteroatoms. The highest BCUT2D eigenvalue weighted by atomic mass is 32.1. The van der Waals surface area contributed by atoms with Gasteiger partial charge < -0.3 is 5.32 Å². The molecule has 0 bridgehead atoms. The summed E-state index contributed by atoms with van der Waals surface area (Å²) in [5, 5.41) is 13.3. The minimum atomic E-state index is -0.182. The van der Waals surface area contributed by atoms with Gasteiger partial charge in [-0.15, -0.1) is 10.2 Å². The van der Waals surface area contributed by atoms with Gasteiger partial charge in [0, 0.05) is 13.0 Å². The van der Waals surface area contributed by atoms with E-state index in [1.165, 1.54) is 17.4 Å². The number of halogens is 1. The van der Waals surface area contributed by atoms with Crippen LogP contribution in [0.2, 0.25) is 0 Å². The zero-order valence-corrected chi connectivity index (χ0v) is 11.1. The van der Waals surface area contributed by atoms with Gasteiger partial charge in [0.25, 0.3) is 0 Å². The zero-order valence-electron chi connectivity index (χ0n) is 10.3. The van der Waals surface area contributed by atoms with E-state index in [-0.39, 0.29) is 5.82 Å². The van der Waals surface area contributed by atoms with E-state index in [2.05, 4.69) is 22.4 Å². The van der Waals surface area contributed by atoms with Crippen molar-refractivity contribution < 1.29 is 4.39 Å². The molecule has 0 saturated heterocycles. The number of nitrogens with one attached hydrogen (secondary N) is 1. The van der Waals surface area contributed by atoms with Gasteiger partial charge in [0.05, 0.1) is 0 Å². The van der Waals surface area contributed by atoms with Crippen molar-refractivity contribution in [2.24, 2.45) is 0 Å². The van der Waals surface area contributed by atoms with Crippen LogP contribution < -0.4 is 5.32 Å². The molecule has 0 saturated carbocycles.